The molecule has 0 amide bonds. The lowest BCUT2D eigenvalue weighted by Gasteiger charge is -2.08. The smallest absolute Gasteiger partial charge is 0.228 e. The van der Waals surface area contributed by atoms with Crippen molar-refractivity contribution in [3.63, 3.8) is 0 Å². The van der Waals surface area contributed by atoms with E-state index in [-0.39, 0.29) is 5.38 Å². The van der Waals surface area contributed by atoms with Gasteiger partial charge in [-0.15, -0.1) is 11.6 Å². The second kappa shape index (κ2) is 5.54. The third-order valence-electron chi connectivity index (χ3n) is 3.24. The van der Waals surface area contributed by atoms with Crippen LogP contribution in [0.1, 0.15) is 29.6 Å². The molecular weight excluding hydrogens is 290 g/mol. The molecule has 0 fully saturated rings. The van der Waals surface area contributed by atoms with Crippen molar-refractivity contribution < 1.29 is 4.52 Å². The van der Waals surface area contributed by atoms with Crippen molar-refractivity contribution >= 4 is 22.6 Å². The molecule has 0 bridgehead atoms. The van der Waals surface area contributed by atoms with Crippen molar-refractivity contribution in [3.05, 3.63) is 41.8 Å². The zero-order valence-electron chi connectivity index (χ0n) is 11.3. The van der Waals surface area contributed by atoms with E-state index in [1.165, 1.54) is 6.33 Å². The van der Waals surface area contributed by atoms with E-state index in [0.29, 0.717) is 29.9 Å². The number of halogens is 1. The summed E-state index contributed by atoms with van der Waals surface area (Å²) in [6.45, 7) is 2.47. The lowest BCUT2D eigenvalue weighted by atomic mass is 10.2. The molecular formula is C14H12ClN5O. The molecule has 0 saturated heterocycles. The summed E-state index contributed by atoms with van der Waals surface area (Å²) in [5, 5.41) is 12.5. The van der Waals surface area contributed by atoms with E-state index in [0.717, 1.165) is 11.3 Å². The maximum Gasteiger partial charge on any atom is 0.228 e. The van der Waals surface area contributed by atoms with Gasteiger partial charge >= 0.3 is 0 Å². The predicted octanol–water partition coefficient (Wildman–Crippen LogP) is 2.83. The van der Waals surface area contributed by atoms with Crippen LogP contribution in [-0.4, -0.2) is 19.7 Å². The van der Waals surface area contributed by atoms with Crippen molar-refractivity contribution in [1.29, 1.82) is 5.26 Å². The van der Waals surface area contributed by atoms with Gasteiger partial charge in [0.2, 0.25) is 5.89 Å². The highest BCUT2D eigenvalue weighted by atomic mass is 35.5. The number of fused-ring (bicyclic) bond motifs is 1. The molecule has 3 rings (SSSR count). The Balaban J connectivity index is 2.06. The van der Waals surface area contributed by atoms with Crippen LogP contribution in [0.3, 0.4) is 0 Å². The number of rotatable bonds is 4. The Morgan fingerprint density at radius 3 is 3.00 bits per heavy atom. The number of hydrogen-bond acceptors (Lipinski definition) is 5. The summed E-state index contributed by atoms with van der Waals surface area (Å²) < 4.78 is 7.01. The Labute approximate surface area is 126 Å². The molecule has 0 aliphatic heterocycles. The molecule has 0 saturated carbocycles. The Kier molecular flexibility index (Phi) is 3.59. The number of benzene rings is 1. The van der Waals surface area contributed by atoms with Gasteiger partial charge in [-0.25, -0.2) is 4.98 Å². The van der Waals surface area contributed by atoms with Crippen LogP contribution in [0.2, 0.25) is 0 Å². The standard InChI is InChI=1S/C14H12ClN5O/c1-9(15)14-19-13-10(7-16)3-2-4-11(13)20(14)6-5-12-17-8-18-21-12/h2-4,8-9H,5-6H2,1H3. The lowest BCUT2D eigenvalue weighted by molar-refractivity contribution is 0.371. The summed E-state index contributed by atoms with van der Waals surface area (Å²) in [4.78, 5) is 8.53. The topological polar surface area (TPSA) is 80.5 Å². The van der Waals surface area contributed by atoms with Crippen LogP contribution in [0.5, 0.6) is 0 Å². The molecule has 1 atom stereocenters. The van der Waals surface area contributed by atoms with E-state index >= 15 is 0 Å². The first-order valence-corrected chi connectivity index (χ1v) is 6.93. The number of aryl methyl sites for hydroxylation is 2. The van der Waals surface area contributed by atoms with Gasteiger partial charge in [-0.3, -0.25) is 0 Å². The zero-order chi connectivity index (χ0) is 14.8. The van der Waals surface area contributed by atoms with Gasteiger partial charge in [-0.05, 0) is 19.1 Å². The van der Waals surface area contributed by atoms with E-state index < -0.39 is 0 Å². The van der Waals surface area contributed by atoms with Crippen molar-refractivity contribution in [2.45, 2.75) is 25.3 Å². The first-order chi connectivity index (χ1) is 10.2. The molecule has 1 unspecified atom stereocenters. The fourth-order valence-corrected chi connectivity index (χ4v) is 2.47. The van der Waals surface area contributed by atoms with Gasteiger partial charge in [-0.1, -0.05) is 11.2 Å². The second-order valence-corrected chi connectivity index (χ2v) is 5.26. The minimum absolute atomic E-state index is 0.258. The van der Waals surface area contributed by atoms with E-state index in [4.69, 9.17) is 16.1 Å². The number of hydrogen-bond donors (Lipinski definition) is 0. The first kappa shape index (κ1) is 13.6. The van der Waals surface area contributed by atoms with Crippen LogP contribution in [-0.2, 0) is 13.0 Å². The normalized spacial score (nSPS) is 12.4. The van der Waals surface area contributed by atoms with Gasteiger partial charge in [0, 0.05) is 13.0 Å². The SMILES string of the molecule is CC(Cl)c1nc2c(C#N)cccc2n1CCc1ncno1. The fourth-order valence-electron chi connectivity index (χ4n) is 2.31. The summed E-state index contributed by atoms with van der Waals surface area (Å²) in [5.41, 5.74) is 2.10. The van der Waals surface area contributed by atoms with Crippen LogP contribution >= 0.6 is 11.6 Å². The van der Waals surface area contributed by atoms with Crippen molar-refractivity contribution in [2.24, 2.45) is 0 Å². The Hall–Kier alpha value is -2.39. The quantitative estimate of drug-likeness (QED) is 0.692. The Morgan fingerprint density at radius 1 is 1.48 bits per heavy atom. The third kappa shape index (κ3) is 2.48. The summed E-state index contributed by atoms with van der Waals surface area (Å²) in [6.07, 6.45) is 1.96. The largest absolute Gasteiger partial charge is 0.340 e. The van der Waals surface area contributed by atoms with Crippen LogP contribution in [0.25, 0.3) is 11.0 Å². The molecule has 3 aromatic rings. The van der Waals surface area contributed by atoms with Gasteiger partial charge in [0.1, 0.15) is 17.4 Å². The highest BCUT2D eigenvalue weighted by Crippen LogP contribution is 2.26. The van der Waals surface area contributed by atoms with Gasteiger partial charge in [0.05, 0.1) is 16.5 Å². The van der Waals surface area contributed by atoms with Gasteiger partial charge < -0.3 is 9.09 Å². The number of nitriles is 1. The summed E-state index contributed by atoms with van der Waals surface area (Å²) >= 11 is 6.22. The number of aromatic nitrogens is 4. The van der Waals surface area contributed by atoms with Crippen molar-refractivity contribution in [3.8, 4) is 6.07 Å². The van der Waals surface area contributed by atoms with E-state index in [2.05, 4.69) is 21.2 Å². The minimum atomic E-state index is -0.258. The van der Waals surface area contributed by atoms with Crippen LogP contribution in [0.4, 0.5) is 0 Å². The average molecular weight is 302 g/mol. The minimum Gasteiger partial charge on any atom is -0.340 e. The first-order valence-electron chi connectivity index (χ1n) is 6.49. The molecule has 6 nitrogen and oxygen atoms in total. The van der Waals surface area contributed by atoms with Crippen LogP contribution in [0, 0.1) is 11.3 Å². The second-order valence-electron chi connectivity index (χ2n) is 4.61. The summed E-state index contributed by atoms with van der Waals surface area (Å²) in [6, 6.07) is 7.68. The van der Waals surface area contributed by atoms with E-state index in [1.807, 2.05) is 23.6 Å². The van der Waals surface area contributed by atoms with Gasteiger partial charge in [-0.2, -0.15) is 10.2 Å². The number of para-hydroxylation sites is 1. The fraction of sp³-hybridized carbons (Fsp3) is 0.286. The Morgan fingerprint density at radius 2 is 2.33 bits per heavy atom. The molecule has 2 aromatic heterocycles. The molecule has 1 aromatic carbocycles. The maximum absolute atomic E-state index is 9.19. The summed E-state index contributed by atoms with van der Waals surface area (Å²) in [5.74, 6) is 1.29. The molecule has 0 aliphatic carbocycles. The van der Waals surface area contributed by atoms with Gasteiger partial charge in [0.15, 0.2) is 6.33 Å². The number of alkyl halides is 1. The highest BCUT2D eigenvalue weighted by molar-refractivity contribution is 6.20. The molecule has 7 heteroatoms. The monoisotopic (exact) mass is 301 g/mol. The average Bonchev–Trinajstić information content (AvgIpc) is 3.11. The highest BCUT2D eigenvalue weighted by Gasteiger charge is 2.17. The molecule has 2 heterocycles. The molecule has 0 aliphatic rings. The van der Waals surface area contributed by atoms with E-state index in [9.17, 15) is 5.26 Å². The zero-order valence-corrected chi connectivity index (χ0v) is 12.1. The molecule has 0 spiro atoms. The molecule has 0 radical (unpaired) electrons. The van der Waals surface area contributed by atoms with E-state index in [1.54, 1.807) is 6.07 Å². The van der Waals surface area contributed by atoms with Crippen molar-refractivity contribution in [1.82, 2.24) is 19.7 Å². The van der Waals surface area contributed by atoms with Crippen molar-refractivity contribution in [2.75, 3.05) is 0 Å². The molecule has 21 heavy (non-hydrogen) atoms. The molecule has 0 N–H and O–H groups in total. The molecule has 106 valence electrons. The van der Waals surface area contributed by atoms with Gasteiger partial charge in [0.25, 0.3) is 0 Å². The Bertz CT molecular complexity index is 801. The number of nitrogens with zero attached hydrogens (tertiary/aromatic N) is 5. The maximum atomic E-state index is 9.19. The predicted molar refractivity (Wildman–Crippen MR) is 76.7 cm³/mol. The van der Waals surface area contributed by atoms with Crippen LogP contribution in [0.15, 0.2) is 29.0 Å². The number of imidazole rings is 1. The third-order valence-corrected chi connectivity index (χ3v) is 3.44. The lowest BCUT2D eigenvalue weighted by Crippen LogP contribution is -2.07. The van der Waals surface area contributed by atoms with Crippen LogP contribution < -0.4 is 0 Å². The summed E-state index contributed by atoms with van der Waals surface area (Å²) in [7, 11) is 0.